The van der Waals surface area contributed by atoms with E-state index in [1.807, 2.05) is 36.4 Å². The Morgan fingerprint density at radius 1 is 1.12 bits per heavy atom. The van der Waals surface area contributed by atoms with Crippen LogP contribution in [-0.4, -0.2) is 35.3 Å². The summed E-state index contributed by atoms with van der Waals surface area (Å²) in [7, 11) is 0. The fourth-order valence-corrected chi connectivity index (χ4v) is 4.31. The lowest BCUT2D eigenvalue weighted by molar-refractivity contribution is -0.0509. The predicted molar refractivity (Wildman–Crippen MR) is 93.9 cm³/mol. The van der Waals surface area contributed by atoms with Crippen molar-refractivity contribution in [2.24, 2.45) is 5.41 Å². The molecule has 4 nitrogen and oxygen atoms in total. The monoisotopic (exact) mass is 345 g/mol. The molecule has 2 aromatic carbocycles. The lowest BCUT2D eigenvalue weighted by atomic mass is 9.61. The molecule has 2 fully saturated rings. The zero-order valence-electron chi connectivity index (χ0n) is 13.4. The van der Waals surface area contributed by atoms with Gasteiger partial charge in [0.15, 0.2) is 0 Å². The van der Waals surface area contributed by atoms with Gasteiger partial charge in [-0.3, -0.25) is 0 Å². The number of benzene rings is 2. The van der Waals surface area contributed by atoms with Crippen LogP contribution < -0.4 is 4.74 Å². The van der Waals surface area contributed by atoms with E-state index < -0.39 is 6.09 Å². The summed E-state index contributed by atoms with van der Waals surface area (Å²) in [5.74, 6) is 0.887. The van der Waals surface area contributed by atoms with E-state index in [1.165, 1.54) is 4.90 Å². The molecule has 0 radical (unpaired) electrons. The maximum Gasteiger partial charge on any atom is 0.407 e. The molecule has 1 saturated heterocycles. The number of hydrogen-bond acceptors (Lipinski definition) is 2. The van der Waals surface area contributed by atoms with Crippen LogP contribution in [0.3, 0.4) is 0 Å². The molecule has 24 heavy (non-hydrogen) atoms. The molecule has 2 aliphatic rings. The number of piperidine rings is 1. The van der Waals surface area contributed by atoms with Crippen molar-refractivity contribution in [3.8, 4) is 5.75 Å². The molecule has 4 rings (SSSR count). The molecule has 1 heterocycles. The summed E-state index contributed by atoms with van der Waals surface area (Å²) in [5.41, 5.74) is 0.277. The van der Waals surface area contributed by atoms with Crippen molar-refractivity contribution in [3.63, 3.8) is 0 Å². The van der Waals surface area contributed by atoms with Gasteiger partial charge in [0.05, 0.1) is 6.10 Å². The Balaban J connectivity index is 1.43. The number of ether oxygens (including phenoxy) is 1. The van der Waals surface area contributed by atoms with Gasteiger partial charge >= 0.3 is 6.09 Å². The minimum Gasteiger partial charge on any atom is -0.490 e. The summed E-state index contributed by atoms with van der Waals surface area (Å²) < 4.78 is 6.23. The number of carboxylic acid groups (broad SMARTS) is 1. The molecular formula is C19H20ClNO3. The first kappa shape index (κ1) is 15.6. The van der Waals surface area contributed by atoms with Crippen LogP contribution in [-0.2, 0) is 0 Å². The van der Waals surface area contributed by atoms with Crippen LogP contribution in [0.15, 0.2) is 36.4 Å². The summed E-state index contributed by atoms with van der Waals surface area (Å²) in [5, 5.41) is 11.9. The minimum atomic E-state index is -0.801. The van der Waals surface area contributed by atoms with Crippen molar-refractivity contribution >= 4 is 28.5 Å². The SMILES string of the molecule is O=C(O)N1CCC2(CC1)CC(Oc1ccc(Cl)c3ccccc13)C2. The second-order valence-corrected chi connectivity index (χ2v) is 7.42. The van der Waals surface area contributed by atoms with Gasteiger partial charge in [-0.05, 0) is 43.2 Å². The van der Waals surface area contributed by atoms with Crippen LogP contribution in [0.5, 0.6) is 5.75 Å². The number of likely N-dealkylation sites (tertiary alicyclic amines) is 1. The van der Waals surface area contributed by atoms with Crippen LogP contribution in [0.4, 0.5) is 4.79 Å². The summed E-state index contributed by atoms with van der Waals surface area (Å²) >= 11 is 6.26. The number of nitrogens with zero attached hydrogens (tertiary/aromatic N) is 1. The summed E-state index contributed by atoms with van der Waals surface area (Å²) in [4.78, 5) is 12.5. The molecule has 0 unspecified atom stereocenters. The Morgan fingerprint density at radius 2 is 1.79 bits per heavy atom. The highest BCUT2D eigenvalue weighted by molar-refractivity contribution is 6.35. The number of carbonyl (C=O) groups is 1. The fraction of sp³-hybridized carbons (Fsp3) is 0.421. The third-order valence-electron chi connectivity index (χ3n) is 5.54. The van der Waals surface area contributed by atoms with E-state index in [2.05, 4.69) is 0 Å². The van der Waals surface area contributed by atoms with Crippen molar-refractivity contribution in [2.75, 3.05) is 13.1 Å². The number of fused-ring (bicyclic) bond motifs is 1. The maximum absolute atomic E-state index is 11.0. The average Bonchev–Trinajstić information content (AvgIpc) is 2.56. The lowest BCUT2D eigenvalue weighted by Gasteiger charge is -2.51. The van der Waals surface area contributed by atoms with Gasteiger partial charge in [-0.1, -0.05) is 35.9 Å². The Bertz CT molecular complexity index is 775. The fourth-order valence-electron chi connectivity index (χ4n) is 4.09. The zero-order valence-corrected chi connectivity index (χ0v) is 14.1. The van der Waals surface area contributed by atoms with Gasteiger partial charge in [-0.25, -0.2) is 4.79 Å². The lowest BCUT2D eigenvalue weighted by Crippen LogP contribution is -2.51. The molecule has 126 valence electrons. The predicted octanol–water partition coefficient (Wildman–Crippen LogP) is 4.79. The van der Waals surface area contributed by atoms with Gasteiger partial charge in [0.25, 0.3) is 0 Å². The summed E-state index contributed by atoms with van der Waals surface area (Å²) in [6.45, 7) is 1.29. The number of hydrogen-bond donors (Lipinski definition) is 1. The third-order valence-corrected chi connectivity index (χ3v) is 5.87. The van der Waals surface area contributed by atoms with E-state index in [0.717, 1.165) is 47.2 Å². The smallest absolute Gasteiger partial charge is 0.407 e. The topological polar surface area (TPSA) is 49.8 Å². The van der Waals surface area contributed by atoms with E-state index in [4.69, 9.17) is 21.4 Å². The second kappa shape index (κ2) is 5.85. The Hall–Kier alpha value is -1.94. The van der Waals surface area contributed by atoms with Crippen LogP contribution in [0.1, 0.15) is 25.7 Å². The molecule has 0 bridgehead atoms. The number of halogens is 1. The summed E-state index contributed by atoms with van der Waals surface area (Å²) in [6.07, 6.45) is 3.33. The highest BCUT2D eigenvalue weighted by Gasteiger charge is 2.47. The highest BCUT2D eigenvalue weighted by atomic mass is 35.5. The molecule has 1 N–H and O–H groups in total. The molecule has 0 aromatic heterocycles. The van der Waals surface area contributed by atoms with E-state index in [-0.39, 0.29) is 11.5 Å². The molecular weight excluding hydrogens is 326 g/mol. The van der Waals surface area contributed by atoms with Gasteiger partial charge < -0.3 is 14.7 Å². The molecule has 1 aliphatic heterocycles. The van der Waals surface area contributed by atoms with Gasteiger partial charge in [-0.15, -0.1) is 0 Å². The average molecular weight is 346 g/mol. The largest absolute Gasteiger partial charge is 0.490 e. The molecule has 2 aromatic rings. The van der Waals surface area contributed by atoms with Crippen LogP contribution in [0.25, 0.3) is 10.8 Å². The van der Waals surface area contributed by atoms with Crippen molar-refractivity contribution in [2.45, 2.75) is 31.8 Å². The normalized spacial score (nSPS) is 20.1. The van der Waals surface area contributed by atoms with Crippen molar-refractivity contribution in [1.29, 1.82) is 0 Å². The first-order valence-corrected chi connectivity index (χ1v) is 8.76. The molecule has 1 spiro atoms. The van der Waals surface area contributed by atoms with Crippen LogP contribution in [0, 0.1) is 5.41 Å². The molecule has 5 heteroatoms. The second-order valence-electron chi connectivity index (χ2n) is 7.01. The zero-order chi connectivity index (χ0) is 16.7. The van der Waals surface area contributed by atoms with Gasteiger partial charge in [0.2, 0.25) is 0 Å². The Labute approximate surface area is 146 Å². The Morgan fingerprint density at radius 3 is 2.46 bits per heavy atom. The number of rotatable bonds is 2. The van der Waals surface area contributed by atoms with Crippen molar-refractivity contribution in [3.05, 3.63) is 41.4 Å². The van der Waals surface area contributed by atoms with Crippen LogP contribution >= 0.6 is 11.6 Å². The molecule has 0 atom stereocenters. The van der Waals surface area contributed by atoms with Gasteiger partial charge in [0.1, 0.15) is 5.75 Å². The minimum absolute atomic E-state index is 0.214. The van der Waals surface area contributed by atoms with E-state index in [0.29, 0.717) is 13.1 Å². The first-order chi connectivity index (χ1) is 11.6. The third kappa shape index (κ3) is 2.69. The summed E-state index contributed by atoms with van der Waals surface area (Å²) in [6, 6.07) is 11.9. The highest BCUT2D eigenvalue weighted by Crippen LogP contribution is 2.50. The standard InChI is InChI=1S/C19H20ClNO3/c20-16-5-6-17(15-4-2-1-3-14(15)16)24-13-11-19(12-13)7-9-21(10-8-19)18(22)23/h1-6,13H,7-12H2,(H,22,23). The first-order valence-electron chi connectivity index (χ1n) is 8.38. The van der Waals surface area contributed by atoms with E-state index >= 15 is 0 Å². The quantitative estimate of drug-likeness (QED) is 0.851. The molecule has 1 saturated carbocycles. The van der Waals surface area contributed by atoms with E-state index in [1.54, 1.807) is 0 Å². The molecule has 1 aliphatic carbocycles. The molecule has 1 amide bonds. The van der Waals surface area contributed by atoms with Crippen LogP contribution in [0.2, 0.25) is 5.02 Å². The Kier molecular flexibility index (Phi) is 3.80. The van der Waals surface area contributed by atoms with Gasteiger partial charge in [-0.2, -0.15) is 0 Å². The van der Waals surface area contributed by atoms with Crippen molar-refractivity contribution < 1.29 is 14.6 Å². The van der Waals surface area contributed by atoms with Gasteiger partial charge in [0, 0.05) is 28.9 Å². The maximum atomic E-state index is 11.0. The van der Waals surface area contributed by atoms with Crippen molar-refractivity contribution in [1.82, 2.24) is 4.90 Å². The number of amides is 1. The van der Waals surface area contributed by atoms with E-state index in [9.17, 15) is 4.79 Å².